The van der Waals surface area contributed by atoms with Crippen molar-refractivity contribution in [3.8, 4) is 11.4 Å². The standard InChI is InChI=1S/C8H6ClN3O/c9-7-3-1-2-5(11-7)6-4-8(10)13-12-6/h1-4H,10H2. The van der Waals surface area contributed by atoms with Crippen LogP contribution in [0.1, 0.15) is 0 Å². The van der Waals surface area contributed by atoms with Crippen LogP contribution in [0, 0.1) is 0 Å². The lowest BCUT2D eigenvalue weighted by molar-refractivity contribution is 0.439. The molecule has 0 atom stereocenters. The van der Waals surface area contributed by atoms with Crippen LogP contribution in [-0.4, -0.2) is 10.1 Å². The molecule has 2 heterocycles. The Hall–Kier alpha value is -1.55. The van der Waals surface area contributed by atoms with Crippen molar-refractivity contribution in [1.29, 1.82) is 0 Å². The van der Waals surface area contributed by atoms with Gasteiger partial charge in [0.25, 0.3) is 0 Å². The van der Waals surface area contributed by atoms with Gasteiger partial charge in [0, 0.05) is 6.07 Å². The number of halogens is 1. The summed E-state index contributed by atoms with van der Waals surface area (Å²) in [6, 6.07) is 6.85. The number of anilines is 1. The highest BCUT2D eigenvalue weighted by Crippen LogP contribution is 2.19. The Labute approximate surface area is 79.3 Å². The summed E-state index contributed by atoms with van der Waals surface area (Å²) in [7, 11) is 0. The summed E-state index contributed by atoms with van der Waals surface area (Å²) < 4.78 is 4.70. The van der Waals surface area contributed by atoms with E-state index in [1.54, 1.807) is 24.3 Å². The molecule has 0 bridgehead atoms. The van der Waals surface area contributed by atoms with Gasteiger partial charge in [0.05, 0.1) is 5.69 Å². The molecule has 0 aliphatic carbocycles. The number of nitrogen functional groups attached to an aromatic ring is 1. The van der Waals surface area contributed by atoms with Crippen molar-refractivity contribution in [3.63, 3.8) is 0 Å². The van der Waals surface area contributed by atoms with E-state index in [0.29, 0.717) is 16.5 Å². The molecule has 0 amide bonds. The van der Waals surface area contributed by atoms with Gasteiger partial charge in [0.15, 0.2) is 0 Å². The van der Waals surface area contributed by atoms with Gasteiger partial charge < -0.3 is 10.3 Å². The van der Waals surface area contributed by atoms with Crippen LogP contribution in [0.5, 0.6) is 0 Å². The molecule has 0 saturated carbocycles. The molecule has 0 fully saturated rings. The van der Waals surface area contributed by atoms with Gasteiger partial charge >= 0.3 is 0 Å². The predicted molar refractivity (Wildman–Crippen MR) is 49.2 cm³/mol. The van der Waals surface area contributed by atoms with Crippen molar-refractivity contribution in [2.75, 3.05) is 5.73 Å². The number of hydrogen-bond donors (Lipinski definition) is 1. The van der Waals surface area contributed by atoms with Crippen molar-refractivity contribution in [1.82, 2.24) is 10.1 Å². The minimum Gasteiger partial charge on any atom is -0.368 e. The number of rotatable bonds is 1. The fourth-order valence-corrected chi connectivity index (χ4v) is 1.12. The van der Waals surface area contributed by atoms with E-state index >= 15 is 0 Å². The molecule has 5 heteroatoms. The molecule has 66 valence electrons. The van der Waals surface area contributed by atoms with Crippen molar-refractivity contribution >= 4 is 17.5 Å². The van der Waals surface area contributed by atoms with Crippen LogP contribution in [0.2, 0.25) is 5.15 Å². The smallest absolute Gasteiger partial charge is 0.222 e. The Morgan fingerprint density at radius 1 is 1.31 bits per heavy atom. The number of nitrogens with zero attached hydrogens (tertiary/aromatic N) is 2. The average molecular weight is 196 g/mol. The van der Waals surface area contributed by atoms with Crippen molar-refractivity contribution in [3.05, 3.63) is 29.4 Å². The molecule has 0 radical (unpaired) electrons. The molecule has 2 aromatic heterocycles. The average Bonchev–Trinajstić information content (AvgIpc) is 2.52. The van der Waals surface area contributed by atoms with Gasteiger partial charge in [-0.1, -0.05) is 22.8 Å². The van der Waals surface area contributed by atoms with Gasteiger partial charge in [-0.25, -0.2) is 4.98 Å². The maximum absolute atomic E-state index is 5.70. The molecular weight excluding hydrogens is 190 g/mol. The van der Waals surface area contributed by atoms with E-state index in [1.807, 2.05) is 0 Å². The Balaban J connectivity index is 2.46. The molecular formula is C8H6ClN3O. The lowest BCUT2D eigenvalue weighted by atomic mass is 10.3. The normalized spacial score (nSPS) is 10.2. The minimum atomic E-state index is 0.261. The lowest BCUT2D eigenvalue weighted by Crippen LogP contribution is -1.82. The number of hydrogen-bond acceptors (Lipinski definition) is 4. The number of nitrogens with two attached hydrogens (primary N) is 1. The van der Waals surface area contributed by atoms with Crippen LogP contribution in [0.15, 0.2) is 28.8 Å². The van der Waals surface area contributed by atoms with Crippen LogP contribution < -0.4 is 5.73 Å². The van der Waals surface area contributed by atoms with Crippen LogP contribution in [-0.2, 0) is 0 Å². The summed E-state index contributed by atoms with van der Waals surface area (Å²) in [6.07, 6.45) is 0. The molecule has 4 nitrogen and oxygen atoms in total. The molecule has 2 aromatic rings. The Bertz CT molecular complexity index is 427. The Kier molecular flexibility index (Phi) is 1.90. The van der Waals surface area contributed by atoms with Gasteiger partial charge in [-0.05, 0) is 12.1 Å². The van der Waals surface area contributed by atoms with Gasteiger partial charge in [0.1, 0.15) is 10.8 Å². The summed E-state index contributed by atoms with van der Waals surface area (Å²) in [4.78, 5) is 4.04. The molecule has 0 aliphatic heterocycles. The van der Waals surface area contributed by atoms with Gasteiger partial charge in [0.2, 0.25) is 5.88 Å². The van der Waals surface area contributed by atoms with Crippen molar-refractivity contribution in [2.45, 2.75) is 0 Å². The molecule has 0 unspecified atom stereocenters. The maximum Gasteiger partial charge on any atom is 0.222 e. The van der Waals surface area contributed by atoms with Crippen molar-refractivity contribution in [2.24, 2.45) is 0 Å². The van der Waals surface area contributed by atoms with E-state index in [1.165, 1.54) is 0 Å². The molecule has 0 spiro atoms. The zero-order valence-corrected chi connectivity index (χ0v) is 7.32. The van der Waals surface area contributed by atoms with Crippen LogP contribution in [0.3, 0.4) is 0 Å². The molecule has 0 aromatic carbocycles. The van der Waals surface area contributed by atoms with E-state index in [9.17, 15) is 0 Å². The van der Waals surface area contributed by atoms with Crippen molar-refractivity contribution < 1.29 is 4.52 Å². The summed E-state index contributed by atoms with van der Waals surface area (Å²) in [5.41, 5.74) is 6.59. The quantitative estimate of drug-likeness (QED) is 0.707. The van der Waals surface area contributed by atoms with Crippen LogP contribution >= 0.6 is 11.6 Å². The maximum atomic E-state index is 5.70. The highest BCUT2D eigenvalue weighted by molar-refractivity contribution is 6.29. The molecule has 2 N–H and O–H groups in total. The van der Waals surface area contributed by atoms with E-state index in [4.69, 9.17) is 21.9 Å². The highest BCUT2D eigenvalue weighted by Gasteiger charge is 2.05. The predicted octanol–water partition coefficient (Wildman–Crippen LogP) is 1.97. The number of aromatic nitrogens is 2. The second kappa shape index (κ2) is 3.06. The largest absolute Gasteiger partial charge is 0.368 e. The van der Waals surface area contributed by atoms with Crippen LogP contribution in [0.4, 0.5) is 5.88 Å². The van der Waals surface area contributed by atoms with E-state index in [0.717, 1.165) is 0 Å². The second-order valence-corrected chi connectivity index (χ2v) is 2.85. The van der Waals surface area contributed by atoms with E-state index < -0.39 is 0 Å². The summed E-state index contributed by atoms with van der Waals surface area (Å²) in [5, 5.41) is 4.12. The van der Waals surface area contributed by atoms with Gasteiger partial charge in [-0.3, -0.25) is 0 Å². The first-order valence-corrected chi connectivity index (χ1v) is 3.98. The third kappa shape index (κ3) is 1.62. The second-order valence-electron chi connectivity index (χ2n) is 2.46. The molecule has 13 heavy (non-hydrogen) atoms. The SMILES string of the molecule is Nc1cc(-c2cccc(Cl)n2)no1. The molecule has 0 saturated heterocycles. The first-order valence-electron chi connectivity index (χ1n) is 3.61. The molecule has 0 aliphatic rings. The van der Waals surface area contributed by atoms with Crippen LogP contribution in [0.25, 0.3) is 11.4 Å². The number of pyridine rings is 1. The minimum absolute atomic E-state index is 0.261. The summed E-state index contributed by atoms with van der Waals surface area (Å²) in [6.45, 7) is 0. The fraction of sp³-hybridized carbons (Fsp3) is 0. The van der Waals surface area contributed by atoms with E-state index in [2.05, 4.69) is 10.1 Å². The van der Waals surface area contributed by atoms with Gasteiger partial charge in [-0.2, -0.15) is 0 Å². The fourth-order valence-electron chi connectivity index (χ4n) is 0.961. The van der Waals surface area contributed by atoms with Gasteiger partial charge in [-0.15, -0.1) is 0 Å². The molecule has 2 rings (SSSR count). The Morgan fingerprint density at radius 2 is 2.15 bits per heavy atom. The lowest BCUT2D eigenvalue weighted by Gasteiger charge is -1.93. The summed E-state index contributed by atoms with van der Waals surface area (Å²) in [5.74, 6) is 0.261. The Morgan fingerprint density at radius 3 is 2.77 bits per heavy atom. The zero-order chi connectivity index (χ0) is 9.26. The van der Waals surface area contributed by atoms with E-state index in [-0.39, 0.29) is 5.88 Å². The summed E-state index contributed by atoms with van der Waals surface area (Å²) >= 11 is 5.70. The first-order chi connectivity index (χ1) is 6.25. The highest BCUT2D eigenvalue weighted by atomic mass is 35.5. The zero-order valence-electron chi connectivity index (χ0n) is 6.57. The monoisotopic (exact) mass is 195 g/mol. The first kappa shape index (κ1) is 8.07. The third-order valence-corrected chi connectivity index (χ3v) is 1.72. The topological polar surface area (TPSA) is 64.9 Å². The third-order valence-electron chi connectivity index (χ3n) is 1.51.